The zero-order chi connectivity index (χ0) is 13.8. The summed E-state index contributed by atoms with van der Waals surface area (Å²) in [4.78, 5) is -0.350. The van der Waals surface area contributed by atoms with Crippen molar-refractivity contribution in [2.24, 2.45) is 0 Å². The smallest absolute Gasteiger partial charge is 0.243 e. The van der Waals surface area contributed by atoms with Crippen LogP contribution in [0.15, 0.2) is 29.2 Å². The summed E-state index contributed by atoms with van der Waals surface area (Å²) in [6.07, 6.45) is 0. The summed E-state index contributed by atoms with van der Waals surface area (Å²) >= 11 is 0. The number of rotatable bonds is 6. The minimum atomic E-state index is -3.85. The highest BCUT2D eigenvalue weighted by molar-refractivity contribution is 7.89. The molecule has 1 aromatic carbocycles. The molecule has 0 aliphatic heterocycles. The molecule has 0 saturated heterocycles. The van der Waals surface area contributed by atoms with Crippen LogP contribution in [0.5, 0.6) is 0 Å². The number of halogens is 1. The fourth-order valence-corrected chi connectivity index (χ4v) is 2.73. The zero-order valence-electron chi connectivity index (χ0n) is 10.7. The fraction of sp³-hybridized carbons (Fsp3) is 0.500. The highest BCUT2D eigenvalue weighted by atomic mass is 32.2. The average molecular weight is 275 g/mol. The molecule has 0 bridgehead atoms. The third kappa shape index (κ3) is 4.04. The molecule has 6 heteroatoms. The van der Waals surface area contributed by atoms with Gasteiger partial charge in [-0.25, -0.2) is 17.5 Å². The van der Waals surface area contributed by atoms with Crippen molar-refractivity contribution in [3.8, 4) is 0 Å². The highest BCUT2D eigenvalue weighted by Crippen LogP contribution is 2.14. The first-order valence-electron chi connectivity index (χ1n) is 5.66. The van der Waals surface area contributed by atoms with Crippen LogP contribution in [0, 0.1) is 5.82 Å². The molecule has 1 aromatic rings. The van der Waals surface area contributed by atoms with Gasteiger partial charge in [-0.15, -0.1) is 0 Å². The summed E-state index contributed by atoms with van der Waals surface area (Å²) < 4.78 is 44.9. The van der Waals surface area contributed by atoms with Gasteiger partial charge in [0.25, 0.3) is 0 Å². The second-order valence-electron chi connectivity index (χ2n) is 4.45. The summed E-state index contributed by atoms with van der Waals surface area (Å²) in [5.74, 6) is -0.765. The Kier molecular flexibility index (Phi) is 4.84. The van der Waals surface area contributed by atoms with E-state index in [9.17, 15) is 12.8 Å². The third-order valence-corrected chi connectivity index (χ3v) is 3.78. The minimum Gasteiger partial charge on any atom is -0.375 e. The lowest BCUT2D eigenvalue weighted by atomic mass is 10.1. The summed E-state index contributed by atoms with van der Waals surface area (Å²) in [7, 11) is -3.85. The van der Waals surface area contributed by atoms with Crippen molar-refractivity contribution in [1.29, 1.82) is 0 Å². The lowest BCUT2D eigenvalue weighted by Crippen LogP contribution is -2.40. The van der Waals surface area contributed by atoms with E-state index < -0.39 is 21.4 Å². The van der Waals surface area contributed by atoms with E-state index in [4.69, 9.17) is 4.74 Å². The van der Waals surface area contributed by atoms with E-state index in [0.29, 0.717) is 6.61 Å². The van der Waals surface area contributed by atoms with Gasteiger partial charge < -0.3 is 4.74 Å². The summed E-state index contributed by atoms with van der Waals surface area (Å²) in [5.41, 5.74) is -0.632. The van der Waals surface area contributed by atoms with Crippen LogP contribution in [0.2, 0.25) is 0 Å². The fourth-order valence-electron chi connectivity index (χ4n) is 1.45. The molecule has 0 amide bonds. The zero-order valence-corrected chi connectivity index (χ0v) is 11.6. The predicted octanol–water partition coefficient (Wildman–Crippen LogP) is 1.92. The number of hydrogen-bond acceptors (Lipinski definition) is 3. The largest absolute Gasteiger partial charge is 0.375 e. The van der Waals surface area contributed by atoms with E-state index in [1.165, 1.54) is 18.2 Å². The van der Waals surface area contributed by atoms with Crippen molar-refractivity contribution in [3.05, 3.63) is 30.1 Å². The van der Waals surface area contributed by atoms with Crippen molar-refractivity contribution >= 4 is 10.0 Å². The van der Waals surface area contributed by atoms with E-state index in [2.05, 4.69) is 4.72 Å². The molecular weight excluding hydrogens is 257 g/mol. The van der Waals surface area contributed by atoms with Crippen LogP contribution < -0.4 is 4.72 Å². The molecule has 0 radical (unpaired) electrons. The topological polar surface area (TPSA) is 55.4 Å². The number of sulfonamides is 1. The lowest BCUT2D eigenvalue weighted by molar-refractivity contribution is -0.00516. The van der Waals surface area contributed by atoms with E-state index in [0.717, 1.165) is 6.07 Å². The maximum absolute atomic E-state index is 13.4. The first kappa shape index (κ1) is 15.1. The van der Waals surface area contributed by atoms with Crippen LogP contribution in [0.4, 0.5) is 4.39 Å². The first-order valence-corrected chi connectivity index (χ1v) is 7.15. The standard InChI is InChI=1S/C12H18FNO3S/c1-4-17-12(2,3)9-14-18(15,16)11-8-6-5-7-10(11)13/h5-8,14H,4,9H2,1-3H3. The van der Waals surface area contributed by atoms with Crippen LogP contribution >= 0.6 is 0 Å². The molecule has 18 heavy (non-hydrogen) atoms. The average Bonchev–Trinajstić information content (AvgIpc) is 2.27. The Morgan fingerprint density at radius 2 is 1.94 bits per heavy atom. The number of benzene rings is 1. The van der Waals surface area contributed by atoms with Crippen LogP contribution in [0.1, 0.15) is 20.8 Å². The van der Waals surface area contributed by atoms with E-state index in [1.807, 2.05) is 6.92 Å². The Labute approximate surface area is 107 Å². The SMILES string of the molecule is CCOC(C)(C)CNS(=O)(=O)c1ccccc1F. The molecule has 0 unspecified atom stereocenters. The lowest BCUT2D eigenvalue weighted by Gasteiger charge is -2.24. The molecular formula is C12H18FNO3S. The first-order chi connectivity index (χ1) is 8.28. The van der Waals surface area contributed by atoms with Crippen LogP contribution in [-0.4, -0.2) is 27.2 Å². The molecule has 0 saturated carbocycles. The van der Waals surface area contributed by atoms with Crippen LogP contribution in [0.3, 0.4) is 0 Å². The molecule has 1 N–H and O–H groups in total. The maximum atomic E-state index is 13.4. The second-order valence-corrected chi connectivity index (χ2v) is 6.18. The molecule has 102 valence electrons. The Morgan fingerprint density at radius 3 is 2.50 bits per heavy atom. The molecule has 0 spiro atoms. The van der Waals surface area contributed by atoms with Crippen molar-refractivity contribution in [2.75, 3.05) is 13.2 Å². The second kappa shape index (κ2) is 5.77. The minimum absolute atomic E-state index is 0.0809. The van der Waals surface area contributed by atoms with Gasteiger partial charge in [-0.05, 0) is 32.9 Å². The molecule has 0 fully saturated rings. The number of nitrogens with one attached hydrogen (secondary N) is 1. The van der Waals surface area contributed by atoms with Gasteiger partial charge in [0.1, 0.15) is 10.7 Å². The van der Waals surface area contributed by atoms with Gasteiger partial charge in [0.2, 0.25) is 10.0 Å². The maximum Gasteiger partial charge on any atom is 0.243 e. The summed E-state index contributed by atoms with van der Waals surface area (Å²) in [6, 6.07) is 5.26. The van der Waals surface area contributed by atoms with Gasteiger partial charge in [0.05, 0.1) is 5.60 Å². The Bertz CT molecular complexity index is 500. The Hall–Kier alpha value is -0.980. The van der Waals surface area contributed by atoms with Gasteiger partial charge >= 0.3 is 0 Å². The molecule has 0 aromatic heterocycles. The summed E-state index contributed by atoms with van der Waals surface area (Å²) in [5, 5.41) is 0. The monoisotopic (exact) mass is 275 g/mol. The van der Waals surface area contributed by atoms with Crippen LogP contribution in [-0.2, 0) is 14.8 Å². The van der Waals surface area contributed by atoms with Gasteiger partial charge in [-0.3, -0.25) is 0 Å². The van der Waals surface area contributed by atoms with Gasteiger partial charge in [-0.1, -0.05) is 12.1 Å². The molecule has 1 rings (SSSR count). The van der Waals surface area contributed by atoms with Gasteiger partial charge in [0, 0.05) is 13.2 Å². The third-order valence-electron chi connectivity index (χ3n) is 2.35. The Morgan fingerprint density at radius 1 is 1.33 bits per heavy atom. The predicted molar refractivity (Wildman–Crippen MR) is 67.3 cm³/mol. The molecule has 0 atom stereocenters. The highest BCUT2D eigenvalue weighted by Gasteiger charge is 2.24. The van der Waals surface area contributed by atoms with Gasteiger partial charge in [-0.2, -0.15) is 0 Å². The van der Waals surface area contributed by atoms with Crippen molar-refractivity contribution in [3.63, 3.8) is 0 Å². The van der Waals surface area contributed by atoms with Crippen molar-refractivity contribution < 1.29 is 17.5 Å². The van der Waals surface area contributed by atoms with Crippen molar-refractivity contribution in [2.45, 2.75) is 31.3 Å². The van der Waals surface area contributed by atoms with Gasteiger partial charge in [0.15, 0.2) is 0 Å². The summed E-state index contributed by atoms with van der Waals surface area (Å²) in [6.45, 7) is 5.92. The molecule has 4 nitrogen and oxygen atoms in total. The Balaban J connectivity index is 2.81. The number of ether oxygens (including phenoxy) is 1. The quantitative estimate of drug-likeness (QED) is 0.863. The number of hydrogen-bond donors (Lipinski definition) is 1. The molecule has 0 aliphatic carbocycles. The van der Waals surface area contributed by atoms with E-state index in [-0.39, 0.29) is 11.4 Å². The van der Waals surface area contributed by atoms with E-state index >= 15 is 0 Å². The van der Waals surface area contributed by atoms with Crippen LogP contribution in [0.25, 0.3) is 0 Å². The normalized spacial score (nSPS) is 12.7. The van der Waals surface area contributed by atoms with E-state index in [1.54, 1.807) is 13.8 Å². The van der Waals surface area contributed by atoms with Crippen molar-refractivity contribution in [1.82, 2.24) is 4.72 Å². The molecule has 0 heterocycles. The molecule has 0 aliphatic rings.